The summed E-state index contributed by atoms with van der Waals surface area (Å²) in [6.07, 6.45) is 0.884. The highest BCUT2D eigenvalue weighted by molar-refractivity contribution is 5.91. The lowest BCUT2D eigenvalue weighted by atomic mass is 10.1. The van der Waals surface area contributed by atoms with Crippen LogP contribution in [0.4, 0.5) is 5.69 Å². The Hall–Kier alpha value is -1.78. The van der Waals surface area contributed by atoms with E-state index in [1.165, 1.54) is 6.07 Å². The zero-order valence-corrected chi connectivity index (χ0v) is 10.4. The summed E-state index contributed by atoms with van der Waals surface area (Å²) in [5.74, 6) is 0.200. The first kappa shape index (κ1) is 13.3. The summed E-state index contributed by atoms with van der Waals surface area (Å²) < 4.78 is 5.60. The molecular formula is C12H19N3O2. The van der Waals surface area contributed by atoms with E-state index in [-0.39, 0.29) is 17.7 Å². The average molecular weight is 237 g/mol. The molecule has 1 rings (SSSR count). The number of amides is 1. The maximum atomic E-state index is 11.0. The Bertz CT molecular complexity index is 405. The van der Waals surface area contributed by atoms with Gasteiger partial charge in [0.15, 0.2) is 0 Å². The molecule has 0 bridgehead atoms. The maximum absolute atomic E-state index is 11.0. The first-order chi connectivity index (χ1) is 7.90. The molecule has 0 spiro atoms. The molecule has 0 aromatic carbocycles. The second-order valence-corrected chi connectivity index (χ2v) is 4.51. The molecule has 0 fully saturated rings. The van der Waals surface area contributed by atoms with Crippen molar-refractivity contribution in [3.8, 4) is 5.88 Å². The van der Waals surface area contributed by atoms with E-state index in [9.17, 15) is 4.79 Å². The highest BCUT2D eigenvalue weighted by Gasteiger charge is 2.12. The van der Waals surface area contributed by atoms with Crippen molar-refractivity contribution in [1.82, 2.24) is 4.98 Å². The number of nitrogens with two attached hydrogens (primary N) is 2. The molecule has 4 N–H and O–H groups in total. The molecule has 5 nitrogen and oxygen atoms in total. The van der Waals surface area contributed by atoms with Crippen LogP contribution in [-0.4, -0.2) is 17.0 Å². The second-order valence-electron chi connectivity index (χ2n) is 4.51. The number of primary amides is 1. The minimum Gasteiger partial charge on any atom is -0.473 e. The van der Waals surface area contributed by atoms with Gasteiger partial charge in [0, 0.05) is 0 Å². The summed E-state index contributed by atoms with van der Waals surface area (Å²) in [7, 11) is 0. The third-order valence-corrected chi connectivity index (χ3v) is 2.26. The molecule has 1 atom stereocenters. The lowest BCUT2D eigenvalue weighted by Gasteiger charge is -2.17. The van der Waals surface area contributed by atoms with Crippen LogP contribution in [0.15, 0.2) is 12.1 Å². The minimum atomic E-state index is -0.591. The normalized spacial score (nSPS) is 12.5. The van der Waals surface area contributed by atoms with Gasteiger partial charge in [0.05, 0.1) is 11.8 Å². The van der Waals surface area contributed by atoms with Gasteiger partial charge in [0.1, 0.15) is 5.69 Å². The van der Waals surface area contributed by atoms with Crippen molar-refractivity contribution in [2.45, 2.75) is 33.3 Å². The van der Waals surface area contributed by atoms with Crippen LogP contribution in [0.5, 0.6) is 5.88 Å². The average Bonchev–Trinajstić information content (AvgIpc) is 2.19. The molecule has 1 aromatic heterocycles. The SMILES string of the molecule is CC(C)CC(C)Oc1nc(C(N)=O)ccc1N. The van der Waals surface area contributed by atoms with Gasteiger partial charge in [-0.25, -0.2) is 4.98 Å². The summed E-state index contributed by atoms with van der Waals surface area (Å²) in [5, 5.41) is 0. The van der Waals surface area contributed by atoms with E-state index in [1.54, 1.807) is 6.07 Å². The Balaban J connectivity index is 2.82. The predicted octanol–water partition coefficient (Wildman–Crippen LogP) is 1.58. The summed E-state index contributed by atoms with van der Waals surface area (Å²) in [4.78, 5) is 15.0. The molecule has 0 saturated heterocycles. The van der Waals surface area contributed by atoms with E-state index in [0.717, 1.165) is 6.42 Å². The molecule has 5 heteroatoms. The second kappa shape index (κ2) is 5.52. The summed E-state index contributed by atoms with van der Waals surface area (Å²) >= 11 is 0. The summed E-state index contributed by atoms with van der Waals surface area (Å²) in [5.41, 5.74) is 11.4. The zero-order chi connectivity index (χ0) is 13.0. The summed E-state index contributed by atoms with van der Waals surface area (Å²) in [6.45, 7) is 6.16. The fourth-order valence-corrected chi connectivity index (χ4v) is 1.59. The van der Waals surface area contributed by atoms with Gasteiger partial charge in [-0.1, -0.05) is 13.8 Å². The number of hydrogen-bond acceptors (Lipinski definition) is 4. The number of nitrogen functional groups attached to an aromatic ring is 1. The number of carbonyl (C=O) groups excluding carboxylic acids is 1. The number of rotatable bonds is 5. The Labute approximate surface area is 101 Å². The Kier molecular flexibility index (Phi) is 4.31. The molecular weight excluding hydrogens is 218 g/mol. The first-order valence-corrected chi connectivity index (χ1v) is 5.63. The van der Waals surface area contributed by atoms with Crippen molar-refractivity contribution >= 4 is 11.6 Å². The van der Waals surface area contributed by atoms with Crippen molar-refractivity contribution in [3.05, 3.63) is 17.8 Å². The van der Waals surface area contributed by atoms with Gasteiger partial charge in [0.2, 0.25) is 5.88 Å². The fourth-order valence-electron chi connectivity index (χ4n) is 1.59. The highest BCUT2D eigenvalue weighted by atomic mass is 16.5. The van der Waals surface area contributed by atoms with Crippen LogP contribution in [0.1, 0.15) is 37.7 Å². The topological polar surface area (TPSA) is 91.2 Å². The third-order valence-electron chi connectivity index (χ3n) is 2.26. The number of ether oxygens (including phenoxy) is 1. The quantitative estimate of drug-likeness (QED) is 0.813. The smallest absolute Gasteiger partial charge is 0.267 e. The predicted molar refractivity (Wildman–Crippen MR) is 66.7 cm³/mol. The van der Waals surface area contributed by atoms with Crippen LogP contribution in [-0.2, 0) is 0 Å². The molecule has 0 aliphatic heterocycles. The van der Waals surface area contributed by atoms with E-state index >= 15 is 0 Å². The molecule has 1 amide bonds. The van der Waals surface area contributed by atoms with Crippen LogP contribution < -0.4 is 16.2 Å². The Morgan fingerprint density at radius 3 is 2.59 bits per heavy atom. The van der Waals surface area contributed by atoms with Gasteiger partial charge in [-0.15, -0.1) is 0 Å². The molecule has 1 heterocycles. The van der Waals surface area contributed by atoms with Crippen LogP contribution in [0.3, 0.4) is 0 Å². The molecule has 0 aliphatic rings. The summed E-state index contributed by atoms with van der Waals surface area (Å²) in [6, 6.07) is 3.06. The number of nitrogens with zero attached hydrogens (tertiary/aromatic N) is 1. The number of aromatic nitrogens is 1. The fraction of sp³-hybridized carbons (Fsp3) is 0.500. The highest BCUT2D eigenvalue weighted by Crippen LogP contribution is 2.21. The zero-order valence-electron chi connectivity index (χ0n) is 10.4. The van der Waals surface area contributed by atoms with Crippen LogP contribution in [0.2, 0.25) is 0 Å². The maximum Gasteiger partial charge on any atom is 0.267 e. The van der Waals surface area contributed by atoms with Gasteiger partial charge >= 0.3 is 0 Å². The van der Waals surface area contributed by atoms with E-state index in [1.807, 2.05) is 6.92 Å². The monoisotopic (exact) mass is 237 g/mol. The van der Waals surface area contributed by atoms with Crippen molar-refractivity contribution in [3.63, 3.8) is 0 Å². The van der Waals surface area contributed by atoms with Crippen LogP contribution >= 0.6 is 0 Å². The number of hydrogen-bond donors (Lipinski definition) is 2. The molecule has 17 heavy (non-hydrogen) atoms. The lowest BCUT2D eigenvalue weighted by molar-refractivity contribution is 0.0993. The first-order valence-electron chi connectivity index (χ1n) is 5.63. The van der Waals surface area contributed by atoms with Gasteiger partial charge in [-0.2, -0.15) is 0 Å². The largest absolute Gasteiger partial charge is 0.473 e. The standard InChI is InChI=1S/C12H19N3O2/c1-7(2)6-8(3)17-12-9(13)4-5-10(15-12)11(14)16/h4-5,7-8H,6,13H2,1-3H3,(H2,14,16). The van der Waals surface area contributed by atoms with E-state index in [2.05, 4.69) is 18.8 Å². The number of carbonyl (C=O) groups is 1. The van der Waals surface area contributed by atoms with Gasteiger partial charge in [0.25, 0.3) is 5.91 Å². The molecule has 0 saturated carbocycles. The van der Waals surface area contributed by atoms with E-state index < -0.39 is 5.91 Å². The van der Waals surface area contributed by atoms with Crippen molar-refractivity contribution in [2.75, 3.05) is 5.73 Å². The van der Waals surface area contributed by atoms with Gasteiger partial charge in [-0.3, -0.25) is 4.79 Å². The molecule has 0 radical (unpaired) electrons. The van der Waals surface area contributed by atoms with Crippen molar-refractivity contribution in [2.24, 2.45) is 11.7 Å². The number of pyridine rings is 1. The lowest BCUT2D eigenvalue weighted by Crippen LogP contribution is -2.18. The Morgan fingerprint density at radius 1 is 1.41 bits per heavy atom. The molecule has 1 aromatic rings. The Morgan fingerprint density at radius 2 is 2.06 bits per heavy atom. The van der Waals surface area contributed by atoms with E-state index in [0.29, 0.717) is 11.6 Å². The van der Waals surface area contributed by atoms with Gasteiger partial charge in [-0.05, 0) is 31.4 Å². The number of anilines is 1. The van der Waals surface area contributed by atoms with Crippen LogP contribution in [0, 0.1) is 5.92 Å². The van der Waals surface area contributed by atoms with Gasteiger partial charge < -0.3 is 16.2 Å². The molecule has 94 valence electrons. The third kappa shape index (κ3) is 3.94. The van der Waals surface area contributed by atoms with Crippen LogP contribution in [0.25, 0.3) is 0 Å². The molecule has 1 unspecified atom stereocenters. The van der Waals surface area contributed by atoms with E-state index in [4.69, 9.17) is 16.2 Å². The molecule has 0 aliphatic carbocycles. The van der Waals surface area contributed by atoms with Crippen molar-refractivity contribution in [1.29, 1.82) is 0 Å². The van der Waals surface area contributed by atoms with Crippen molar-refractivity contribution < 1.29 is 9.53 Å². The minimum absolute atomic E-state index is 0.00655.